The number of halogens is 2. The smallest absolute Gasteiger partial charge is 0.408 e. The van der Waals surface area contributed by atoms with Crippen LogP contribution in [0.2, 0.25) is 10.0 Å². The summed E-state index contributed by atoms with van der Waals surface area (Å²) in [5.41, 5.74) is 1.83. The molecule has 1 aliphatic rings. The first-order valence-electron chi connectivity index (χ1n) is 9.11. The summed E-state index contributed by atoms with van der Waals surface area (Å²) >= 11 is 12.1. The number of nitrogens with zero attached hydrogens (tertiary/aromatic N) is 2. The maximum absolute atomic E-state index is 12.8. The molecular weight excluding hydrogens is 401 g/mol. The number of fused-ring (bicyclic) bond motifs is 1. The van der Waals surface area contributed by atoms with Crippen LogP contribution in [0.25, 0.3) is 11.1 Å². The molecule has 4 rings (SSSR count). The number of anilines is 1. The Morgan fingerprint density at radius 3 is 2.86 bits per heavy atom. The van der Waals surface area contributed by atoms with Gasteiger partial charge in [0.05, 0.1) is 22.3 Å². The first kappa shape index (κ1) is 19.1. The number of amides is 1. The lowest BCUT2D eigenvalue weighted by Crippen LogP contribution is -2.41. The summed E-state index contributed by atoms with van der Waals surface area (Å²) in [4.78, 5) is 27.0. The van der Waals surface area contributed by atoms with Crippen LogP contribution in [0.15, 0.2) is 51.7 Å². The lowest BCUT2D eigenvalue weighted by atomic mass is 10.2. The van der Waals surface area contributed by atoms with Gasteiger partial charge in [-0.25, -0.2) is 4.79 Å². The lowest BCUT2D eigenvalue weighted by molar-refractivity contribution is -0.120. The fraction of sp³-hybridized carbons (Fsp3) is 0.300. The van der Waals surface area contributed by atoms with Gasteiger partial charge in [-0.05, 0) is 49.7 Å². The van der Waals surface area contributed by atoms with Crippen LogP contribution in [0.5, 0.6) is 0 Å². The number of benzene rings is 2. The van der Waals surface area contributed by atoms with Crippen LogP contribution in [0, 0.1) is 0 Å². The molecule has 0 spiro atoms. The van der Waals surface area contributed by atoms with E-state index in [2.05, 4.69) is 10.2 Å². The quantitative estimate of drug-likeness (QED) is 0.678. The van der Waals surface area contributed by atoms with Gasteiger partial charge in [0.1, 0.15) is 0 Å². The Morgan fingerprint density at radius 1 is 1.18 bits per heavy atom. The number of carbonyl (C=O) groups excluding carboxylic acids is 1. The summed E-state index contributed by atoms with van der Waals surface area (Å²) in [7, 11) is 0. The van der Waals surface area contributed by atoms with Gasteiger partial charge >= 0.3 is 5.76 Å². The predicted molar refractivity (Wildman–Crippen MR) is 110 cm³/mol. The van der Waals surface area contributed by atoms with Gasteiger partial charge in [0.2, 0.25) is 5.91 Å². The Hall–Kier alpha value is -2.28. The van der Waals surface area contributed by atoms with Gasteiger partial charge in [-0.15, -0.1) is 0 Å². The monoisotopic (exact) mass is 419 g/mol. The minimum atomic E-state index is -0.382. The molecular formula is C20H19Cl2N3O3. The summed E-state index contributed by atoms with van der Waals surface area (Å²) in [6.45, 7) is 1.83. The molecule has 3 aromatic rings. The summed E-state index contributed by atoms with van der Waals surface area (Å²) in [6.07, 6.45) is 1.67. The van der Waals surface area contributed by atoms with Gasteiger partial charge in [0, 0.05) is 18.1 Å². The van der Waals surface area contributed by atoms with E-state index in [-0.39, 0.29) is 17.7 Å². The van der Waals surface area contributed by atoms with Crippen LogP contribution < -0.4 is 11.1 Å². The molecule has 1 aliphatic heterocycles. The van der Waals surface area contributed by atoms with E-state index in [1.807, 2.05) is 18.2 Å². The third-order valence-corrected chi connectivity index (χ3v) is 5.60. The molecule has 0 aliphatic carbocycles. The van der Waals surface area contributed by atoms with Crippen LogP contribution in [-0.4, -0.2) is 34.5 Å². The van der Waals surface area contributed by atoms with Crippen molar-refractivity contribution < 1.29 is 9.21 Å². The van der Waals surface area contributed by atoms with Gasteiger partial charge in [-0.2, -0.15) is 0 Å². The molecule has 0 bridgehead atoms. The standard InChI is InChI=1S/C20H19Cl2N3O3/c21-13-7-8-14(22)15(12-13)23-19(26)17-5-3-9-24(17)10-11-25-16-4-1-2-6-18(16)28-20(25)27/h1-2,4,6-8,12,17H,3,5,9-11H2,(H,23,26)/t17-/m0/s1. The van der Waals surface area contributed by atoms with Crippen molar-refractivity contribution in [3.05, 3.63) is 63.1 Å². The van der Waals surface area contributed by atoms with Crippen molar-refractivity contribution in [3.8, 4) is 0 Å². The number of rotatable bonds is 5. The number of hydrogen-bond donors (Lipinski definition) is 1. The van der Waals surface area contributed by atoms with Crippen molar-refractivity contribution in [2.75, 3.05) is 18.4 Å². The van der Waals surface area contributed by atoms with Crippen molar-refractivity contribution in [2.45, 2.75) is 25.4 Å². The van der Waals surface area contributed by atoms with Crippen molar-refractivity contribution in [3.63, 3.8) is 0 Å². The molecule has 8 heteroatoms. The highest BCUT2D eigenvalue weighted by atomic mass is 35.5. The second-order valence-electron chi connectivity index (χ2n) is 6.79. The van der Waals surface area contributed by atoms with Crippen LogP contribution in [0.3, 0.4) is 0 Å². The number of carbonyl (C=O) groups is 1. The van der Waals surface area contributed by atoms with E-state index in [0.29, 0.717) is 34.4 Å². The molecule has 146 valence electrons. The van der Waals surface area contributed by atoms with Gasteiger partial charge in [-0.1, -0.05) is 35.3 Å². The molecule has 1 atom stereocenters. The largest absolute Gasteiger partial charge is 0.419 e. The molecule has 1 amide bonds. The Morgan fingerprint density at radius 2 is 2.00 bits per heavy atom. The molecule has 0 unspecified atom stereocenters. The normalized spacial score (nSPS) is 17.3. The second-order valence-corrected chi connectivity index (χ2v) is 7.64. The van der Waals surface area contributed by atoms with Gasteiger partial charge in [0.15, 0.2) is 5.58 Å². The Bertz CT molecular complexity index is 1080. The molecule has 0 radical (unpaired) electrons. The maximum atomic E-state index is 12.8. The molecule has 1 aromatic heterocycles. The zero-order valence-electron chi connectivity index (χ0n) is 15.0. The minimum Gasteiger partial charge on any atom is -0.408 e. The third-order valence-electron chi connectivity index (χ3n) is 5.04. The number of oxazole rings is 1. The average molecular weight is 420 g/mol. The van der Waals surface area contributed by atoms with Crippen molar-refractivity contribution >= 4 is 45.9 Å². The highest BCUT2D eigenvalue weighted by Gasteiger charge is 2.31. The topological polar surface area (TPSA) is 67.5 Å². The minimum absolute atomic E-state index is 0.119. The van der Waals surface area contributed by atoms with Gasteiger partial charge in [0.25, 0.3) is 0 Å². The van der Waals surface area contributed by atoms with Crippen molar-refractivity contribution in [2.24, 2.45) is 0 Å². The molecule has 1 N–H and O–H groups in total. The number of para-hydroxylation sites is 2. The van der Waals surface area contributed by atoms with E-state index in [9.17, 15) is 9.59 Å². The van der Waals surface area contributed by atoms with Crippen LogP contribution in [0.4, 0.5) is 5.69 Å². The molecule has 28 heavy (non-hydrogen) atoms. The van der Waals surface area contributed by atoms with E-state index in [1.54, 1.807) is 28.8 Å². The molecule has 0 saturated carbocycles. The second kappa shape index (κ2) is 7.99. The summed E-state index contributed by atoms with van der Waals surface area (Å²) < 4.78 is 6.88. The van der Waals surface area contributed by atoms with E-state index in [0.717, 1.165) is 24.9 Å². The number of likely N-dealkylation sites (tertiary alicyclic amines) is 1. The SMILES string of the molecule is O=C(Nc1cc(Cl)ccc1Cl)[C@@H]1CCCN1CCn1c(=O)oc2ccccc21. The lowest BCUT2D eigenvalue weighted by Gasteiger charge is -2.24. The first-order chi connectivity index (χ1) is 13.5. The third kappa shape index (κ3) is 3.81. The van der Waals surface area contributed by atoms with Crippen molar-refractivity contribution in [1.29, 1.82) is 0 Å². The van der Waals surface area contributed by atoms with E-state index < -0.39 is 0 Å². The molecule has 2 heterocycles. The summed E-state index contributed by atoms with van der Waals surface area (Å²) in [5, 5.41) is 3.82. The maximum Gasteiger partial charge on any atom is 0.419 e. The molecule has 1 saturated heterocycles. The van der Waals surface area contributed by atoms with Gasteiger partial charge < -0.3 is 9.73 Å². The Kier molecular flexibility index (Phi) is 5.44. The van der Waals surface area contributed by atoms with Crippen LogP contribution >= 0.6 is 23.2 Å². The number of nitrogens with one attached hydrogen (secondary N) is 1. The van der Waals surface area contributed by atoms with Crippen LogP contribution in [-0.2, 0) is 11.3 Å². The summed E-state index contributed by atoms with van der Waals surface area (Å²) in [5.74, 6) is -0.502. The fourth-order valence-electron chi connectivity index (χ4n) is 3.65. The van der Waals surface area contributed by atoms with E-state index in [1.165, 1.54) is 0 Å². The Balaban J connectivity index is 1.46. The number of hydrogen-bond acceptors (Lipinski definition) is 4. The highest BCUT2D eigenvalue weighted by Crippen LogP contribution is 2.27. The Labute approximate surface area is 171 Å². The zero-order chi connectivity index (χ0) is 19.7. The van der Waals surface area contributed by atoms with Gasteiger partial charge in [-0.3, -0.25) is 14.3 Å². The van der Waals surface area contributed by atoms with E-state index >= 15 is 0 Å². The number of aromatic nitrogens is 1. The molecule has 1 fully saturated rings. The zero-order valence-corrected chi connectivity index (χ0v) is 16.5. The van der Waals surface area contributed by atoms with Crippen LogP contribution in [0.1, 0.15) is 12.8 Å². The first-order valence-corrected chi connectivity index (χ1v) is 9.87. The molecule has 6 nitrogen and oxygen atoms in total. The molecule has 2 aromatic carbocycles. The predicted octanol–water partition coefficient (Wildman–Crippen LogP) is 4.00. The van der Waals surface area contributed by atoms with Crippen molar-refractivity contribution in [1.82, 2.24) is 9.47 Å². The van der Waals surface area contributed by atoms with E-state index in [4.69, 9.17) is 27.6 Å². The fourth-order valence-corrected chi connectivity index (χ4v) is 3.99. The highest BCUT2D eigenvalue weighted by molar-refractivity contribution is 6.35. The summed E-state index contributed by atoms with van der Waals surface area (Å²) in [6, 6.07) is 12.0. The average Bonchev–Trinajstić information content (AvgIpc) is 3.26.